The molecule has 0 aliphatic carbocycles. The van der Waals surface area contributed by atoms with Crippen LogP contribution < -0.4 is 5.32 Å². The van der Waals surface area contributed by atoms with E-state index < -0.39 is 0 Å². The highest BCUT2D eigenvalue weighted by atomic mass is 15.1. The van der Waals surface area contributed by atoms with E-state index in [1.54, 1.807) is 0 Å². The lowest BCUT2D eigenvalue weighted by atomic mass is 10.2. The number of unbranched alkanes of at least 4 members (excludes halogenated alkanes) is 2. The Morgan fingerprint density at radius 1 is 1.14 bits per heavy atom. The van der Waals surface area contributed by atoms with Crippen molar-refractivity contribution in [1.29, 1.82) is 0 Å². The van der Waals surface area contributed by atoms with Gasteiger partial charge in [-0.2, -0.15) is 0 Å². The smallest absolute Gasteiger partial charge is 0.00219 e. The van der Waals surface area contributed by atoms with Crippen LogP contribution in [0.2, 0.25) is 0 Å². The topological polar surface area (TPSA) is 15.3 Å². The summed E-state index contributed by atoms with van der Waals surface area (Å²) in [5.41, 5.74) is 0. The molecule has 1 N–H and O–H groups in total. The van der Waals surface area contributed by atoms with Crippen molar-refractivity contribution in [3.63, 3.8) is 0 Å². The standard InChI is InChI=1S/C12H28N2/c1-5-14(4)10-8-6-7-9-13-11-12(2)3/h12-13H,5-11H2,1-4H3. The molecular weight excluding hydrogens is 172 g/mol. The quantitative estimate of drug-likeness (QED) is 0.575. The van der Waals surface area contributed by atoms with Crippen molar-refractivity contribution >= 4 is 0 Å². The molecule has 0 aromatic heterocycles. The van der Waals surface area contributed by atoms with Gasteiger partial charge in [0.25, 0.3) is 0 Å². The first-order chi connectivity index (χ1) is 6.66. The van der Waals surface area contributed by atoms with Crippen LogP contribution in [-0.4, -0.2) is 38.1 Å². The Morgan fingerprint density at radius 3 is 2.43 bits per heavy atom. The molecule has 0 fully saturated rings. The average Bonchev–Trinajstić information content (AvgIpc) is 2.15. The predicted octanol–water partition coefficient (Wildman–Crippen LogP) is 2.35. The summed E-state index contributed by atoms with van der Waals surface area (Å²) in [5.74, 6) is 0.779. The molecule has 0 radical (unpaired) electrons. The Kier molecular flexibility index (Phi) is 9.42. The average molecular weight is 200 g/mol. The fourth-order valence-corrected chi connectivity index (χ4v) is 1.36. The molecule has 0 unspecified atom stereocenters. The van der Waals surface area contributed by atoms with Crippen molar-refractivity contribution in [1.82, 2.24) is 10.2 Å². The van der Waals surface area contributed by atoms with Crippen molar-refractivity contribution in [2.45, 2.75) is 40.0 Å². The van der Waals surface area contributed by atoms with E-state index in [1.807, 2.05) is 0 Å². The monoisotopic (exact) mass is 200 g/mol. The zero-order valence-corrected chi connectivity index (χ0v) is 10.5. The van der Waals surface area contributed by atoms with E-state index in [0.717, 1.165) is 12.5 Å². The van der Waals surface area contributed by atoms with Gasteiger partial charge in [0.15, 0.2) is 0 Å². The first-order valence-electron chi connectivity index (χ1n) is 6.06. The van der Waals surface area contributed by atoms with Gasteiger partial charge in [0.1, 0.15) is 0 Å². The molecule has 0 saturated heterocycles. The van der Waals surface area contributed by atoms with Crippen LogP contribution in [0.3, 0.4) is 0 Å². The molecule has 2 nitrogen and oxygen atoms in total. The summed E-state index contributed by atoms with van der Waals surface area (Å²) >= 11 is 0. The molecule has 0 aromatic carbocycles. The number of rotatable bonds is 9. The third-order valence-corrected chi connectivity index (χ3v) is 2.49. The highest BCUT2D eigenvalue weighted by Crippen LogP contribution is 1.96. The molecule has 0 aliphatic heterocycles. The van der Waals surface area contributed by atoms with Gasteiger partial charge in [-0.1, -0.05) is 27.2 Å². The second-order valence-corrected chi connectivity index (χ2v) is 4.55. The molecule has 0 saturated carbocycles. The molecule has 86 valence electrons. The molecule has 0 rings (SSSR count). The third kappa shape index (κ3) is 10.0. The number of hydrogen-bond acceptors (Lipinski definition) is 2. The zero-order chi connectivity index (χ0) is 10.8. The van der Waals surface area contributed by atoms with Crippen LogP contribution in [0, 0.1) is 5.92 Å². The summed E-state index contributed by atoms with van der Waals surface area (Å²) in [5, 5.41) is 3.47. The lowest BCUT2D eigenvalue weighted by Gasteiger charge is -2.13. The highest BCUT2D eigenvalue weighted by molar-refractivity contribution is 4.53. The van der Waals surface area contributed by atoms with Crippen LogP contribution in [0.5, 0.6) is 0 Å². The SMILES string of the molecule is CCN(C)CCCCCNCC(C)C. The normalized spacial score (nSPS) is 11.6. The van der Waals surface area contributed by atoms with E-state index in [2.05, 4.69) is 38.0 Å². The minimum atomic E-state index is 0.779. The zero-order valence-electron chi connectivity index (χ0n) is 10.5. The lowest BCUT2D eigenvalue weighted by Crippen LogP contribution is -2.21. The molecule has 0 bridgehead atoms. The van der Waals surface area contributed by atoms with Gasteiger partial charge in [-0.05, 0) is 52.0 Å². The largest absolute Gasteiger partial charge is 0.316 e. The van der Waals surface area contributed by atoms with Crippen LogP contribution in [0.25, 0.3) is 0 Å². The summed E-state index contributed by atoms with van der Waals surface area (Å²) in [7, 11) is 2.19. The van der Waals surface area contributed by atoms with Gasteiger partial charge in [-0.3, -0.25) is 0 Å². The highest BCUT2D eigenvalue weighted by Gasteiger charge is 1.95. The third-order valence-electron chi connectivity index (χ3n) is 2.49. The van der Waals surface area contributed by atoms with Crippen LogP contribution in [-0.2, 0) is 0 Å². The first-order valence-corrected chi connectivity index (χ1v) is 6.06. The van der Waals surface area contributed by atoms with E-state index in [4.69, 9.17) is 0 Å². The van der Waals surface area contributed by atoms with Crippen molar-refractivity contribution < 1.29 is 0 Å². The molecule has 0 amide bonds. The molecule has 0 aromatic rings. The van der Waals surface area contributed by atoms with Crippen molar-refractivity contribution in [3.8, 4) is 0 Å². The molecule has 0 spiro atoms. The maximum atomic E-state index is 3.47. The van der Waals surface area contributed by atoms with Gasteiger partial charge in [-0.25, -0.2) is 0 Å². The van der Waals surface area contributed by atoms with E-state index in [1.165, 1.54) is 38.9 Å². The summed E-state index contributed by atoms with van der Waals surface area (Å²) in [6.45, 7) is 11.5. The minimum absolute atomic E-state index is 0.779. The van der Waals surface area contributed by atoms with Crippen LogP contribution >= 0.6 is 0 Å². The number of nitrogens with zero attached hydrogens (tertiary/aromatic N) is 1. The van der Waals surface area contributed by atoms with Crippen LogP contribution in [0.4, 0.5) is 0 Å². The van der Waals surface area contributed by atoms with Gasteiger partial charge in [0, 0.05) is 0 Å². The maximum Gasteiger partial charge on any atom is -0.00219 e. The lowest BCUT2D eigenvalue weighted by molar-refractivity contribution is 0.341. The van der Waals surface area contributed by atoms with E-state index >= 15 is 0 Å². The molecule has 2 heteroatoms. The van der Waals surface area contributed by atoms with Crippen molar-refractivity contribution in [2.75, 3.05) is 33.2 Å². The summed E-state index contributed by atoms with van der Waals surface area (Å²) in [4.78, 5) is 2.38. The Hall–Kier alpha value is -0.0800. The molecule has 0 atom stereocenters. The van der Waals surface area contributed by atoms with Crippen LogP contribution in [0.1, 0.15) is 40.0 Å². The van der Waals surface area contributed by atoms with Crippen molar-refractivity contribution in [2.24, 2.45) is 5.92 Å². The number of nitrogens with one attached hydrogen (secondary N) is 1. The van der Waals surface area contributed by atoms with Crippen molar-refractivity contribution in [3.05, 3.63) is 0 Å². The summed E-state index contributed by atoms with van der Waals surface area (Å²) in [6, 6.07) is 0. The van der Waals surface area contributed by atoms with E-state index in [9.17, 15) is 0 Å². The second kappa shape index (κ2) is 9.47. The second-order valence-electron chi connectivity index (χ2n) is 4.55. The Balaban J connectivity index is 2.99. The molecule has 0 aliphatic rings. The van der Waals surface area contributed by atoms with Gasteiger partial charge in [0.05, 0.1) is 0 Å². The Labute approximate surface area is 90.1 Å². The molecule has 0 heterocycles. The van der Waals surface area contributed by atoms with Gasteiger partial charge in [0.2, 0.25) is 0 Å². The Bertz CT molecular complexity index is 113. The van der Waals surface area contributed by atoms with E-state index in [0.29, 0.717) is 0 Å². The van der Waals surface area contributed by atoms with E-state index in [-0.39, 0.29) is 0 Å². The number of hydrogen-bond donors (Lipinski definition) is 1. The first kappa shape index (κ1) is 13.9. The maximum absolute atomic E-state index is 3.47. The Morgan fingerprint density at radius 2 is 1.86 bits per heavy atom. The summed E-state index contributed by atoms with van der Waals surface area (Å²) in [6.07, 6.45) is 4.02. The van der Waals surface area contributed by atoms with Gasteiger partial charge >= 0.3 is 0 Å². The van der Waals surface area contributed by atoms with Crippen LogP contribution in [0.15, 0.2) is 0 Å². The molecule has 14 heavy (non-hydrogen) atoms. The minimum Gasteiger partial charge on any atom is -0.316 e. The summed E-state index contributed by atoms with van der Waals surface area (Å²) < 4.78 is 0. The fourth-order valence-electron chi connectivity index (χ4n) is 1.36. The fraction of sp³-hybridized carbons (Fsp3) is 1.00. The van der Waals surface area contributed by atoms with Gasteiger partial charge < -0.3 is 10.2 Å². The molecular formula is C12H28N2. The predicted molar refractivity (Wildman–Crippen MR) is 64.7 cm³/mol. The van der Waals surface area contributed by atoms with Gasteiger partial charge in [-0.15, -0.1) is 0 Å².